The molecule has 0 saturated heterocycles. The van der Waals surface area contributed by atoms with Crippen molar-refractivity contribution < 1.29 is 4.74 Å². The fourth-order valence-corrected chi connectivity index (χ4v) is 2.72. The van der Waals surface area contributed by atoms with Crippen LogP contribution in [0.5, 0.6) is 5.75 Å². The van der Waals surface area contributed by atoms with E-state index in [1.54, 1.807) is 12.3 Å². The highest BCUT2D eigenvalue weighted by molar-refractivity contribution is 14.1. The third kappa shape index (κ3) is 5.00. The van der Waals surface area contributed by atoms with E-state index < -0.39 is 0 Å². The van der Waals surface area contributed by atoms with Gasteiger partial charge >= 0.3 is 0 Å². The highest BCUT2D eigenvalue weighted by Crippen LogP contribution is 2.27. The number of benzene rings is 2. The van der Waals surface area contributed by atoms with Gasteiger partial charge in [0.1, 0.15) is 11.8 Å². The van der Waals surface area contributed by atoms with E-state index >= 15 is 0 Å². The molecule has 0 bridgehead atoms. The van der Waals surface area contributed by atoms with E-state index in [1.807, 2.05) is 61.5 Å². The Morgan fingerprint density at radius 3 is 2.71 bits per heavy atom. The van der Waals surface area contributed by atoms with Crippen molar-refractivity contribution >= 4 is 34.4 Å². The molecule has 0 radical (unpaired) electrons. The number of aryl methyl sites for hydroxylation is 1. The third-order valence-electron chi connectivity index (χ3n) is 3.21. The van der Waals surface area contributed by atoms with Crippen molar-refractivity contribution in [2.45, 2.75) is 6.92 Å². The Balaban J connectivity index is 2.23. The van der Waals surface area contributed by atoms with Crippen molar-refractivity contribution in [1.82, 2.24) is 0 Å². The lowest BCUT2D eigenvalue weighted by atomic mass is 10.1. The molecule has 2 aromatic rings. The van der Waals surface area contributed by atoms with Gasteiger partial charge in [-0.1, -0.05) is 43.0 Å². The molecular weight excluding hydrogens is 411 g/mol. The minimum absolute atomic E-state index is 0.194. The number of anilines is 1. The molecule has 0 unspecified atom stereocenters. The molecule has 0 spiro atoms. The van der Waals surface area contributed by atoms with Crippen molar-refractivity contribution in [2.75, 3.05) is 5.32 Å². The van der Waals surface area contributed by atoms with Crippen molar-refractivity contribution in [3.8, 4) is 11.8 Å². The first-order chi connectivity index (χ1) is 11.6. The van der Waals surface area contributed by atoms with E-state index in [0.29, 0.717) is 5.75 Å². The molecule has 1 N–H and O–H groups in total. The van der Waals surface area contributed by atoms with Gasteiger partial charge in [-0.2, -0.15) is 5.26 Å². The van der Waals surface area contributed by atoms with E-state index in [4.69, 9.17) is 4.74 Å². The Morgan fingerprint density at radius 1 is 1.29 bits per heavy atom. The molecule has 2 aromatic carbocycles. The van der Waals surface area contributed by atoms with E-state index in [0.717, 1.165) is 20.4 Å². The third-order valence-corrected chi connectivity index (χ3v) is 4.05. The maximum absolute atomic E-state index is 9.31. The number of halogens is 1. The standard InChI is InChI=1S/C20H17IN2O/c1-3-4-8-16-12-20(19(21)11-15(16)2)24-18(13-22)14-23-17-9-6-5-7-10-17/h3-12,14,23H,1H2,2H3/b8-4+,18-14+. The summed E-state index contributed by atoms with van der Waals surface area (Å²) < 4.78 is 6.71. The fraction of sp³-hybridized carbons (Fsp3) is 0.0500. The van der Waals surface area contributed by atoms with E-state index in [1.165, 1.54) is 0 Å². The topological polar surface area (TPSA) is 45.0 Å². The van der Waals surface area contributed by atoms with Crippen LogP contribution in [0.1, 0.15) is 11.1 Å². The Bertz CT molecular complexity index is 818. The van der Waals surface area contributed by atoms with Crippen LogP contribution in [0.3, 0.4) is 0 Å². The van der Waals surface area contributed by atoms with Crippen molar-refractivity contribution in [3.05, 3.63) is 87.9 Å². The lowest BCUT2D eigenvalue weighted by Crippen LogP contribution is -2.00. The van der Waals surface area contributed by atoms with E-state index in [-0.39, 0.29) is 5.76 Å². The molecule has 0 aliphatic rings. The second kappa shape index (κ2) is 8.94. The fourth-order valence-electron chi connectivity index (χ4n) is 1.98. The number of allylic oxidation sites excluding steroid dienone is 3. The van der Waals surface area contributed by atoms with Crippen LogP contribution in [-0.2, 0) is 0 Å². The van der Waals surface area contributed by atoms with Crippen molar-refractivity contribution in [3.63, 3.8) is 0 Å². The first kappa shape index (κ1) is 17.8. The van der Waals surface area contributed by atoms with Crippen LogP contribution in [0.4, 0.5) is 5.69 Å². The number of ether oxygens (including phenoxy) is 1. The summed E-state index contributed by atoms with van der Waals surface area (Å²) >= 11 is 2.20. The zero-order chi connectivity index (χ0) is 17.4. The summed E-state index contributed by atoms with van der Waals surface area (Å²) in [6.07, 6.45) is 7.12. The summed E-state index contributed by atoms with van der Waals surface area (Å²) in [4.78, 5) is 0. The SMILES string of the molecule is C=C/C=C/c1cc(O/C(C#N)=C/Nc2ccccc2)c(I)cc1C. The monoisotopic (exact) mass is 428 g/mol. The molecule has 0 aliphatic carbocycles. The predicted molar refractivity (Wildman–Crippen MR) is 108 cm³/mol. The molecule has 0 aliphatic heterocycles. The van der Waals surface area contributed by atoms with Gasteiger partial charge in [0.15, 0.2) is 0 Å². The minimum Gasteiger partial charge on any atom is -0.444 e. The summed E-state index contributed by atoms with van der Waals surface area (Å²) in [5, 5.41) is 12.4. The van der Waals surface area contributed by atoms with Crippen molar-refractivity contribution in [1.29, 1.82) is 5.26 Å². The van der Waals surface area contributed by atoms with Gasteiger partial charge in [-0.25, -0.2) is 0 Å². The second-order valence-corrected chi connectivity index (χ2v) is 6.13. The number of hydrogen-bond donors (Lipinski definition) is 1. The maximum atomic E-state index is 9.31. The summed E-state index contributed by atoms with van der Waals surface area (Å²) in [5.41, 5.74) is 3.05. The number of para-hydroxylation sites is 1. The molecule has 3 nitrogen and oxygen atoms in total. The van der Waals surface area contributed by atoms with E-state index in [2.05, 4.69) is 40.6 Å². The Labute approximate surface area is 156 Å². The van der Waals surface area contributed by atoms with Crippen LogP contribution >= 0.6 is 22.6 Å². The number of rotatable bonds is 6. The van der Waals surface area contributed by atoms with Gasteiger partial charge in [0.2, 0.25) is 5.76 Å². The van der Waals surface area contributed by atoms with Gasteiger partial charge in [-0.05, 0) is 64.9 Å². The van der Waals surface area contributed by atoms with Gasteiger partial charge < -0.3 is 10.1 Å². The highest BCUT2D eigenvalue weighted by atomic mass is 127. The predicted octanol–water partition coefficient (Wildman–Crippen LogP) is 5.65. The smallest absolute Gasteiger partial charge is 0.219 e. The summed E-state index contributed by atoms with van der Waals surface area (Å²) in [5.74, 6) is 0.840. The molecule has 4 heteroatoms. The first-order valence-electron chi connectivity index (χ1n) is 7.33. The molecule has 0 atom stereocenters. The van der Waals surface area contributed by atoms with Crippen LogP contribution in [0.2, 0.25) is 0 Å². The zero-order valence-electron chi connectivity index (χ0n) is 13.3. The van der Waals surface area contributed by atoms with Gasteiger partial charge in [-0.3, -0.25) is 0 Å². The minimum atomic E-state index is 0.194. The van der Waals surface area contributed by atoms with Crippen LogP contribution < -0.4 is 10.1 Å². The summed E-state index contributed by atoms with van der Waals surface area (Å²) in [7, 11) is 0. The lowest BCUT2D eigenvalue weighted by molar-refractivity contribution is 0.444. The second-order valence-electron chi connectivity index (χ2n) is 4.97. The average Bonchev–Trinajstić information content (AvgIpc) is 2.60. The van der Waals surface area contributed by atoms with Gasteiger partial charge in [0.05, 0.1) is 9.77 Å². The molecule has 0 aromatic heterocycles. The number of nitrogens with one attached hydrogen (secondary N) is 1. The Morgan fingerprint density at radius 2 is 2.04 bits per heavy atom. The van der Waals surface area contributed by atoms with Crippen LogP contribution in [0, 0.1) is 21.8 Å². The number of hydrogen-bond acceptors (Lipinski definition) is 3. The maximum Gasteiger partial charge on any atom is 0.219 e. The van der Waals surface area contributed by atoms with Gasteiger partial charge in [0.25, 0.3) is 0 Å². The van der Waals surface area contributed by atoms with Crippen molar-refractivity contribution in [2.24, 2.45) is 0 Å². The average molecular weight is 428 g/mol. The molecule has 0 amide bonds. The number of nitriles is 1. The Hall–Kier alpha value is -2.52. The summed E-state index contributed by atoms with van der Waals surface area (Å²) in [6.45, 7) is 5.71. The van der Waals surface area contributed by atoms with Crippen LogP contribution in [0.15, 0.2) is 73.2 Å². The first-order valence-corrected chi connectivity index (χ1v) is 8.41. The van der Waals surface area contributed by atoms with Crippen LogP contribution in [-0.4, -0.2) is 0 Å². The molecule has 0 fully saturated rings. The molecule has 24 heavy (non-hydrogen) atoms. The number of nitrogens with zero attached hydrogens (tertiary/aromatic N) is 1. The van der Waals surface area contributed by atoms with Crippen LogP contribution in [0.25, 0.3) is 6.08 Å². The quantitative estimate of drug-likeness (QED) is 0.280. The molecule has 0 heterocycles. The molecule has 2 rings (SSSR count). The molecule has 0 saturated carbocycles. The molecule has 120 valence electrons. The Kier molecular flexibility index (Phi) is 6.64. The van der Waals surface area contributed by atoms with E-state index in [9.17, 15) is 5.26 Å². The van der Waals surface area contributed by atoms with Gasteiger partial charge in [-0.15, -0.1) is 0 Å². The molecular formula is C20H17IN2O. The van der Waals surface area contributed by atoms with Gasteiger partial charge in [0, 0.05) is 5.69 Å². The normalized spacial score (nSPS) is 11.1. The highest BCUT2D eigenvalue weighted by Gasteiger charge is 2.08. The zero-order valence-corrected chi connectivity index (χ0v) is 15.4. The summed E-state index contributed by atoms with van der Waals surface area (Å²) in [6, 6.07) is 15.6. The largest absolute Gasteiger partial charge is 0.444 e. The lowest BCUT2D eigenvalue weighted by Gasteiger charge is -2.10.